The molecule has 0 amide bonds. The first-order valence-electron chi connectivity index (χ1n) is 19.1. The molecule has 0 aliphatic carbocycles. The van der Waals surface area contributed by atoms with Crippen molar-refractivity contribution in [2.75, 3.05) is 62.5 Å². The van der Waals surface area contributed by atoms with E-state index in [0.29, 0.717) is 0 Å². The molecule has 0 atom stereocenters. The van der Waals surface area contributed by atoms with Gasteiger partial charge in [-0.2, -0.15) is 7.11 Å². The van der Waals surface area contributed by atoms with Crippen LogP contribution in [0.4, 0.5) is 0 Å². The number of hydrogen-bond donors (Lipinski definition) is 0. The maximum Gasteiger partial charge on any atom is 0.0780 e. The van der Waals surface area contributed by atoms with Crippen molar-refractivity contribution in [3.63, 3.8) is 0 Å². The second kappa shape index (κ2) is 40.4. The van der Waals surface area contributed by atoms with Crippen molar-refractivity contribution in [1.82, 2.24) is 0 Å². The normalized spacial score (nSPS) is 11.3. The van der Waals surface area contributed by atoms with Crippen LogP contribution >= 0.6 is 0 Å². The average molecular weight is 680 g/mol. The van der Waals surface area contributed by atoms with Gasteiger partial charge < -0.3 is 31.1 Å². The van der Waals surface area contributed by atoms with Crippen LogP contribution in [0.1, 0.15) is 194 Å². The number of quaternary nitrogens is 2. The third-order valence-corrected chi connectivity index (χ3v) is 8.36. The van der Waals surface area contributed by atoms with Gasteiger partial charge in [0.15, 0.2) is 0 Å². The largest absolute Gasteiger partial charge is 1.00 e. The fraction of sp³-hybridized carbons (Fsp3) is 1.00. The zero-order chi connectivity index (χ0) is 32.2. The molecule has 0 aromatic rings. The molecule has 43 heavy (non-hydrogen) atoms. The molecule has 0 rings (SSSR count). The Hall–Kier alpha value is 0.360. The summed E-state index contributed by atoms with van der Waals surface area (Å²) in [5.74, 6) is 0. The van der Waals surface area contributed by atoms with E-state index in [9.17, 15) is 0 Å². The molecule has 0 heterocycles. The summed E-state index contributed by atoms with van der Waals surface area (Å²) in [5, 5.41) is 8.25. The molecule has 0 N–H and O–H groups in total. The number of nitrogens with zero attached hydrogens (tertiary/aromatic N) is 2. The fourth-order valence-corrected chi connectivity index (χ4v) is 5.56. The van der Waals surface area contributed by atoms with Crippen molar-refractivity contribution in [2.24, 2.45) is 0 Å². The second-order valence-corrected chi connectivity index (χ2v) is 15.2. The lowest BCUT2D eigenvalue weighted by Crippen LogP contribution is -3.00. The average Bonchev–Trinajstić information content (AvgIpc) is 2.94. The summed E-state index contributed by atoms with van der Waals surface area (Å²) in [5.41, 5.74) is 0. The van der Waals surface area contributed by atoms with Gasteiger partial charge in [0.05, 0.1) is 55.4 Å². The van der Waals surface area contributed by atoms with Crippen LogP contribution in [0.5, 0.6) is 0 Å². The summed E-state index contributed by atoms with van der Waals surface area (Å²) in [6, 6.07) is 0. The van der Waals surface area contributed by atoms with Gasteiger partial charge in [0.2, 0.25) is 0 Å². The van der Waals surface area contributed by atoms with Crippen LogP contribution in [0.25, 0.3) is 0 Å². The Morgan fingerprint density at radius 1 is 0.279 bits per heavy atom. The summed E-state index contributed by atoms with van der Waals surface area (Å²) < 4.78 is 2.25. The smallest absolute Gasteiger partial charge is 0.0780 e. The van der Waals surface area contributed by atoms with Gasteiger partial charge >= 0.3 is 0 Å². The highest BCUT2D eigenvalue weighted by atomic mass is 79.9. The maximum absolute atomic E-state index is 8.25. The molecule has 0 fully saturated rings. The third kappa shape index (κ3) is 58.4. The molecule has 0 radical (unpaired) electrons. The van der Waals surface area contributed by atoms with Crippen LogP contribution in [0, 0.1) is 0 Å². The number of halogens is 1. The van der Waals surface area contributed by atoms with E-state index in [4.69, 9.17) is 5.11 Å². The van der Waals surface area contributed by atoms with E-state index in [1.54, 1.807) is 0 Å². The quantitative estimate of drug-likeness (QED) is 0.0553. The van der Waals surface area contributed by atoms with Crippen LogP contribution in [-0.2, 0) is 0 Å². The lowest BCUT2D eigenvalue weighted by molar-refractivity contribution is -0.870. The minimum atomic E-state index is 0. The van der Waals surface area contributed by atoms with Gasteiger partial charge in [0, 0.05) is 0 Å². The molecule has 3 nitrogen and oxygen atoms in total. The van der Waals surface area contributed by atoms with Gasteiger partial charge in [-0.15, -0.1) is 0 Å². The predicted molar refractivity (Wildman–Crippen MR) is 192 cm³/mol. The highest BCUT2D eigenvalue weighted by Crippen LogP contribution is 2.14. The maximum atomic E-state index is 8.25. The Labute approximate surface area is 286 Å². The van der Waals surface area contributed by atoms with Gasteiger partial charge in [-0.25, -0.2) is 0 Å². The van der Waals surface area contributed by atoms with Crippen molar-refractivity contribution in [3.8, 4) is 0 Å². The van der Waals surface area contributed by atoms with Crippen LogP contribution in [0.2, 0.25) is 0 Å². The highest BCUT2D eigenvalue weighted by molar-refractivity contribution is 4.50. The number of unbranched alkanes of at least 4 members (excludes halogenated alkanes) is 26. The van der Waals surface area contributed by atoms with E-state index in [0.717, 1.165) is 16.1 Å². The molecule has 0 bridgehead atoms. The molecule has 0 aliphatic heterocycles. The topological polar surface area (TPSA) is 23.1 Å². The Morgan fingerprint density at radius 3 is 0.558 bits per heavy atom. The Morgan fingerprint density at radius 2 is 0.419 bits per heavy atom. The number of hydrogen-bond acceptors (Lipinski definition) is 1. The third-order valence-electron chi connectivity index (χ3n) is 8.36. The van der Waals surface area contributed by atoms with Gasteiger partial charge in [-0.05, 0) is 25.7 Å². The van der Waals surface area contributed by atoms with Crippen LogP contribution in [0.15, 0.2) is 0 Å². The van der Waals surface area contributed by atoms with Crippen LogP contribution < -0.4 is 22.1 Å². The molecule has 0 unspecified atom stereocenters. The fourth-order valence-electron chi connectivity index (χ4n) is 5.56. The highest BCUT2D eigenvalue weighted by Gasteiger charge is 2.06. The number of rotatable bonds is 30. The van der Waals surface area contributed by atoms with E-state index in [2.05, 4.69) is 56.1 Å². The Kier molecular flexibility index (Phi) is 47.2. The van der Waals surface area contributed by atoms with Gasteiger partial charge in [0.1, 0.15) is 0 Å². The van der Waals surface area contributed by atoms with Crippen molar-refractivity contribution in [2.45, 2.75) is 194 Å². The molecule has 0 aliphatic rings. The molecule has 0 spiro atoms. The monoisotopic (exact) mass is 679 g/mol. The van der Waals surface area contributed by atoms with Crippen molar-refractivity contribution in [3.05, 3.63) is 0 Å². The van der Waals surface area contributed by atoms with E-state index >= 15 is 0 Å². The van der Waals surface area contributed by atoms with E-state index in [1.807, 2.05) is 0 Å². The lowest BCUT2D eigenvalue weighted by Gasteiger charge is -2.23. The summed E-state index contributed by atoms with van der Waals surface area (Å²) in [4.78, 5) is 0. The Bertz CT molecular complexity index is 417. The molecule has 0 saturated carbocycles. The van der Waals surface area contributed by atoms with Crippen LogP contribution in [-0.4, -0.2) is 71.5 Å². The summed E-state index contributed by atoms with van der Waals surface area (Å²) in [7, 11) is 14.5. The van der Waals surface area contributed by atoms with Gasteiger partial charge in [0.25, 0.3) is 0 Å². The van der Waals surface area contributed by atoms with Crippen molar-refractivity contribution < 1.29 is 31.1 Å². The van der Waals surface area contributed by atoms with E-state index in [1.165, 1.54) is 193 Å². The first-order chi connectivity index (χ1) is 20.1. The van der Waals surface area contributed by atoms with Crippen molar-refractivity contribution in [1.29, 1.82) is 0 Å². The minimum absolute atomic E-state index is 0. The molecule has 4 heteroatoms. The molecular weight excluding hydrogens is 592 g/mol. The zero-order valence-electron chi connectivity index (χ0n) is 31.9. The van der Waals surface area contributed by atoms with Crippen LogP contribution in [0.3, 0.4) is 0 Å². The second-order valence-electron chi connectivity index (χ2n) is 15.2. The zero-order valence-corrected chi connectivity index (χ0v) is 33.5. The molecule has 266 valence electrons. The summed E-state index contributed by atoms with van der Waals surface area (Å²) >= 11 is 0. The van der Waals surface area contributed by atoms with E-state index < -0.39 is 0 Å². The van der Waals surface area contributed by atoms with Gasteiger partial charge in [-0.1, -0.05) is 168 Å². The first kappa shape index (κ1) is 50.2. The molecular formula is C39H87BrN2O. The predicted octanol–water partition coefficient (Wildman–Crippen LogP) is 8.33. The van der Waals surface area contributed by atoms with E-state index in [-0.39, 0.29) is 17.0 Å². The van der Waals surface area contributed by atoms with Gasteiger partial charge in [-0.3, -0.25) is 0 Å². The lowest BCUT2D eigenvalue weighted by atomic mass is 10.0. The summed E-state index contributed by atoms with van der Waals surface area (Å²) in [6.45, 7) is 7.25. The molecule has 0 aromatic heterocycles. The first-order valence-corrected chi connectivity index (χ1v) is 19.1. The SMILES string of the molecule is CCCCCCCCCCCCCCCC[N+](C)(C)C.CCCCCCCCCCCCCCCC[N+](C)(C)C.C[O-].[Br-]. The molecule has 0 aromatic carbocycles. The minimum Gasteiger partial charge on any atom is -1.00 e. The molecule has 0 saturated heterocycles. The standard InChI is InChI=1S/2C19H42N.CH3O.BrH/c2*1-5-6-7-8-9-10-11-12-13-14-15-16-17-18-19-20(2,3)4;1-2;/h2*5-19H2,1-4H3;1H3;1H/q2*+1;-1;/p-1. The Balaban J connectivity index is -0.000000327. The van der Waals surface area contributed by atoms with Crippen molar-refractivity contribution >= 4 is 0 Å². The summed E-state index contributed by atoms with van der Waals surface area (Å²) in [6.07, 6.45) is 40.7.